The van der Waals surface area contributed by atoms with Crippen LogP contribution in [-0.4, -0.2) is 39.3 Å². The lowest BCUT2D eigenvalue weighted by molar-refractivity contribution is 0.115. The van der Waals surface area contributed by atoms with E-state index in [1.54, 1.807) is 0 Å². The highest BCUT2D eigenvalue weighted by Gasteiger charge is 2.22. The van der Waals surface area contributed by atoms with Crippen molar-refractivity contribution in [1.82, 2.24) is 15.0 Å². The molecule has 1 atom stereocenters. The molecule has 5 heteroatoms. The van der Waals surface area contributed by atoms with Crippen LogP contribution in [0.3, 0.4) is 0 Å². The first-order valence-electron chi connectivity index (χ1n) is 7.35. The van der Waals surface area contributed by atoms with Crippen molar-refractivity contribution >= 4 is 0 Å². The number of nitrogens with zero attached hydrogens (tertiary/aromatic N) is 3. The molecule has 0 spiro atoms. The first-order valence-corrected chi connectivity index (χ1v) is 7.35. The fourth-order valence-electron chi connectivity index (χ4n) is 2.62. The summed E-state index contributed by atoms with van der Waals surface area (Å²) in [4.78, 5) is 6.73. The molecular weight excluding hydrogens is 242 g/mol. The fourth-order valence-corrected chi connectivity index (χ4v) is 2.62. The second kappa shape index (κ2) is 7.01. The lowest BCUT2D eigenvalue weighted by Gasteiger charge is -2.26. The van der Waals surface area contributed by atoms with Gasteiger partial charge in [0.25, 0.3) is 0 Å². The zero-order valence-electron chi connectivity index (χ0n) is 12.0. The van der Waals surface area contributed by atoms with E-state index in [2.05, 4.69) is 28.9 Å². The Morgan fingerprint density at radius 2 is 2.21 bits per heavy atom. The van der Waals surface area contributed by atoms with Crippen molar-refractivity contribution in [3.63, 3.8) is 0 Å². The summed E-state index contributed by atoms with van der Waals surface area (Å²) in [5.41, 5.74) is 0. The molecule has 2 rings (SSSR count). The Labute approximate surface area is 115 Å². The topological polar surface area (TPSA) is 62.4 Å². The van der Waals surface area contributed by atoms with E-state index in [-0.39, 0.29) is 12.6 Å². The number of rotatable bonds is 5. The number of hydrogen-bond donors (Lipinski definition) is 1. The van der Waals surface area contributed by atoms with Gasteiger partial charge in [-0.1, -0.05) is 31.8 Å². The molecule has 1 saturated heterocycles. The molecule has 0 radical (unpaired) electrons. The Hall–Kier alpha value is -0.940. The quantitative estimate of drug-likeness (QED) is 0.884. The predicted octanol–water partition coefficient (Wildman–Crippen LogP) is 2.01. The number of aliphatic hydroxyl groups excluding tert-OH is 1. The van der Waals surface area contributed by atoms with E-state index in [1.807, 2.05) is 0 Å². The van der Waals surface area contributed by atoms with Crippen LogP contribution in [0.25, 0.3) is 0 Å². The number of likely N-dealkylation sites (tertiary alicyclic amines) is 1. The van der Waals surface area contributed by atoms with Crippen LogP contribution in [0.15, 0.2) is 4.52 Å². The van der Waals surface area contributed by atoms with E-state index in [9.17, 15) is 5.11 Å². The van der Waals surface area contributed by atoms with E-state index in [0.29, 0.717) is 12.5 Å². The van der Waals surface area contributed by atoms with Gasteiger partial charge in [0, 0.05) is 12.5 Å². The lowest BCUT2D eigenvalue weighted by atomic mass is 10.1. The summed E-state index contributed by atoms with van der Waals surface area (Å²) in [7, 11) is 0. The number of aromatic nitrogens is 2. The maximum atomic E-state index is 9.48. The summed E-state index contributed by atoms with van der Waals surface area (Å²) in [6.07, 6.45) is 5.53. The van der Waals surface area contributed by atoms with Crippen molar-refractivity contribution in [1.29, 1.82) is 0 Å². The predicted molar refractivity (Wildman–Crippen MR) is 72.6 cm³/mol. The molecule has 108 valence electrons. The van der Waals surface area contributed by atoms with Gasteiger partial charge in [-0.2, -0.15) is 4.98 Å². The molecule has 1 unspecified atom stereocenters. The highest BCUT2D eigenvalue weighted by atomic mass is 16.5. The standard InChI is InChI=1S/C14H25N3O2/c1-11(2)8-14-15-13(16-19-14)9-17-7-5-3-4-6-12(17)10-18/h11-12,18H,3-10H2,1-2H3. The van der Waals surface area contributed by atoms with Gasteiger partial charge in [-0.3, -0.25) is 4.90 Å². The first-order chi connectivity index (χ1) is 9.19. The smallest absolute Gasteiger partial charge is 0.226 e. The molecule has 5 nitrogen and oxygen atoms in total. The lowest BCUT2D eigenvalue weighted by Crippen LogP contribution is -2.37. The second-order valence-electron chi connectivity index (χ2n) is 5.86. The van der Waals surface area contributed by atoms with Crippen LogP contribution in [0.4, 0.5) is 0 Å². The molecule has 1 aromatic rings. The van der Waals surface area contributed by atoms with Crippen molar-refractivity contribution < 1.29 is 9.63 Å². The molecular formula is C14H25N3O2. The van der Waals surface area contributed by atoms with Gasteiger partial charge in [0.05, 0.1) is 13.2 Å². The Morgan fingerprint density at radius 1 is 1.37 bits per heavy atom. The van der Waals surface area contributed by atoms with Crippen LogP contribution in [0.1, 0.15) is 51.2 Å². The largest absolute Gasteiger partial charge is 0.395 e. The van der Waals surface area contributed by atoms with Gasteiger partial charge in [0.15, 0.2) is 5.82 Å². The van der Waals surface area contributed by atoms with E-state index >= 15 is 0 Å². The Kier molecular flexibility index (Phi) is 5.34. The van der Waals surface area contributed by atoms with E-state index in [4.69, 9.17) is 4.52 Å². The van der Waals surface area contributed by atoms with Crippen LogP contribution in [0.5, 0.6) is 0 Å². The van der Waals surface area contributed by atoms with Gasteiger partial charge < -0.3 is 9.63 Å². The van der Waals surface area contributed by atoms with Crippen LogP contribution in [0.2, 0.25) is 0 Å². The fraction of sp³-hybridized carbons (Fsp3) is 0.857. The molecule has 19 heavy (non-hydrogen) atoms. The van der Waals surface area contributed by atoms with E-state index in [0.717, 1.165) is 31.1 Å². The third-order valence-electron chi connectivity index (χ3n) is 3.65. The maximum Gasteiger partial charge on any atom is 0.226 e. The van der Waals surface area contributed by atoms with Crippen molar-refractivity contribution in [2.24, 2.45) is 5.92 Å². The molecule has 2 heterocycles. The average molecular weight is 267 g/mol. The normalized spacial score (nSPS) is 21.8. The third kappa shape index (κ3) is 4.28. The molecule has 1 aliphatic heterocycles. The summed E-state index contributed by atoms with van der Waals surface area (Å²) < 4.78 is 5.27. The maximum absolute atomic E-state index is 9.48. The minimum absolute atomic E-state index is 0.219. The molecule has 0 aliphatic carbocycles. The highest BCUT2D eigenvalue weighted by Crippen LogP contribution is 2.18. The third-order valence-corrected chi connectivity index (χ3v) is 3.65. The van der Waals surface area contributed by atoms with Gasteiger partial charge in [0.1, 0.15) is 0 Å². The molecule has 0 saturated carbocycles. The van der Waals surface area contributed by atoms with Crippen molar-refractivity contribution in [2.75, 3.05) is 13.2 Å². The van der Waals surface area contributed by atoms with E-state index in [1.165, 1.54) is 19.3 Å². The summed E-state index contributed by atoms with van der Waals surface area (Å²) in [6.45, 7) is 6.20. The van der Waals surface area contributed by atoms with Gasteiger partial charge in [-0.25, -0.2) is 0 Å². The monoisotopic (exact) mass is 267 g/mol. The summed E-state index contributed by atoms with van der Waals surface area (Å²) >= 11 is 0. The molecule has 1 fully saturated rings. The minimum Gasteiger partial charge on any atom is -0.395 e. The Bertz CT molecular complexity index is 379. The SMILES string of the molecule is CC(C)Cc1nc(CN2CCCCCC2CO)no1. The molecule has 1 aliphatic rings. The van der Waals surface area contributed by atoms with Crippen LogP contribution in [0, 0.1) is 5.92 Å². The average Bonchev–Trinajstić information content (AvgIpc) is 2.67. The van der Waals surface area contributed by atoms with Gasteiger partial charge in [-0.05, 0) is 25.3 Å². The Balaban J connectivity index is 1.96. The Morgan fingerprint density at radius 3 is 2.95 bits per heavy atom. The number of aliphatic hydroxyl groups is 1. The van der Waals surface area contributed by atoms with Crippen molar-refractivity contribution in [3.8, 4) is 0 Å². The molecule has 0 amide bonds. The molecule has 0 bridgehead atoms. The van der Waals surface area contributed by atoms with Crippen molar-refractivity contribution in [3.05, 3.63) is 11.7 Å². The van der Waals surface area contributed by atoms with Gasteiger partial charge in [-0.15, -0.1) is 0 Å². The van der Waals surface area contributed by atoms with E-state index < -0.39 is 0 Å². The van der Waals surface area contributed by atoms with Crippen molar-refractivity contribution in [2.45, 2.75) is 58.5 Å². The minimum atomic E-state index is 0.219. The molecule has 1 aromatic heterocycles. The van der Waals surface area contributed by atoms with Crippen LogP contribution >= 0.6 is 0 Å². The second-order valence-corrected chi connectivity index (χ2v) is 5.86. The first kappa shape index (κ1) is 14.5. The summed E-state index contributed by atoms with van der Waals surface area (Å²) in [5, 5.41) is 13.5. The molecule has 0 aromatic carbocycles. The van der Waals surface area contributed by atoms with Gasteiger partial charge >= 0.3 is 0 Å². The number of hydrogen-bond acceptors (Lipinski definition) is 5. The van der Waals surface area contributed by atoms with Crippen LogP contribution in [-0.2, 0) is 13.0 Å². The molecule has 1 N–H and O–H groups in total. The zero-order valence-corrected chi connectivity index (χ0v) is 12.0. The highest BCUT2D eigenvalue weighted by molar-refractivity contribution is 4.89. The zero-order chi connectivity index (χ0) is 13.7. The summed E-state index contributed by atoms with van der Waals surface area (Å²) in [5.74, 6) is 1.99. The summed E-state index contributed by atoms with van der Waals surface area (Å²) in [6, 6.07) is 0.245. The van der Waals surface area contributed by atoms with Gasteiger partial charge in [0.2, 0.25) is 5.89 Å². The van der Waals surface area contributed by atoms with Crippen LogP contribution < -0.4 is 0 Å².